The molecule has 1 aromatic carbocycles. The van der Waals surface area contributed by atoms with Crippen molar-refractivity contribution in [2.75, 3.05) is 26.0 Å². The number of nitrogens with zero attached hydrogens (tertiary/aromatic N) is 1. The number of hydrogen-bond donors (Lipinski definition) is 5. The smallest absolute Gasteiger partial charge is 0.241 e. The lowest BCUT2D eigenvalue weighted by molar-refractivity contribution is -0.181. The Bertz CT molecular complexity index is 1340. The number of ketones is 4. The summed E-state index contributed by atoms with van der Waals surface area (Å²) in [6.07, 6.45) is 0.902. The van der Waals surface area contributed by atoms with Gasteiger partial charge in [-0.05, 0) is 52.2 Å². The van der Waals surface area contributed by atoms with Crippen LogP contribution in [0.15, 0.2) is 6.07 Å². The summed E-state index contributed by atoms with van der Waals surface area (Å²) in [5.74, 6) is -13.9. The first kappa shape index (κ1) is 27.0. The van der Waals surface area contributed by atoms with Crippen molar-refractivity contribution in [2.45, 2.75) is 43.4 Å². The van der Waals surface area contributed by atoms with Crippen LogP contribution in [0.3, 0.4) is 0 Å². The van der Waals surface area contributed by atoms with Crippen molar-refractivity contribution in [3.63, 3.8) is 0 Å². The van der Waals surface area contributed by atoms with Gasteiger partial charge >= 0.3 is 0 Å². The van der Waals surface area contributed by atoms with Gasteiger partial charge in [0.15, 0.2) is 34.7 Å². The Morgan fingerprint density at radius 3 is 2.49 bits per heavy atom. The van der Waals surface area contributed by atoms with Gasteiger partial charge in [-0.15, -0.1) is 0 Å². The molecule has 2 unspecified atom stereocenters. The van der Waals surface area contributed by atoms with Gasteiger partial charge in [-0.1, -0.05) is 0 Å². The number of aromatic hydroxyl groups is 1. The molecule has 13 heteroatoms. The van der Waals surface area contributed by atoms with E-state index >= 15 is 4.39 Å². The minimum absolute atomic E-state index is 0.168. The molecule has 208 valence electrons. The number of carbonyl (C=O) groups excluding carboxylic acids is 6. The van der Waals surface area contributed by atoms with E-state index in [-0.39, 0.29) is 24.1 Å². The van der Waals surface area contributed by atoms with Crippen molar-refractivity contribution in [3.8, 4) is 5.75 Å². The van der Waals surface area contributed by atoms with Crippen molar-refractivity contribution < 1.29 is 43.4 Å². The van der Waals surface area contributed by atoms with Crippen molar-refractivity contribution in [2.24, 2.45) is 29.4 Å². The summed E-state index contributed by atoms with van der Waals surface area (Å²) in [7, 11) is 2.95. The Kier molecular flexibility index (Phi) is 6.43. The molecule has 2 amide bonds. The van der Waals surface area contributed by atoms with E-state index in [1.165, 1.54) is 19.0 Å². The lowest BCUT2D eigenvalue weighted by atomic mass is 9.52. The first-order valence-corrected chi connectivity index (χ1v) is 12.7. The number of hydrogen-bond acceptors (Lipinski definition) is 10. The summed E-state index contributed by atoms with van der Waals surface area (Å²) >= 11 is 0. The normalized spacial score (nSPS) is 34.0. The number of fused-ring (bicyclic) bond motifs is 3. The van der Waals surface area contributed by atoms with E-state index in [1.807, 2.05) is 0 Å². The molecular weight excluding hydrogens is 515 g/mol. The highest BCUT2D eigenvalue weighted by molar-refractivity contribution is 6.32. The summed E-state index contributed by atoms with van der Waals surface area (Å²) in [5, 5.41) is 27.9. The third-order valence-corrected chi connectivity index (χ3v) is 8.64. The van der Waals surface area contributed by atoms with Gasteiger partial charge in [0.25, 0.3) is 0 Å². The molecule has 0 aromatic heterocycles. The molecule has 3 fully saturated rings. The Labute approximate surface area is 222 Å². The average molecular weight is 545 g/mol. The predicted molar refractivity (Wildman–Crippen MR) is 131 cm³/mol. The van der Waals surface area contributed by atoms with Crippen LogP contribution in [-0.2, 0) is 30.4 Å². The molecule has 12 nitrogen and oxygen atoms in total. The van der Waals surface area contributed by atoms with Crippen molar-refractivity contribution in [1.82, 2.24) is 10.2 Å². The van der Waals surface area contributed by atoms with Crippen LogP contribution in [0.4, 0.5) is 10.1 Å². The van der Waals surface area contributed by atoms with E-state index in [0.717, 1.165) is 12.5 Å². The monoisotopic (exact) mass is 544 g/mol. The maximum atomic E-state index is 15.3. The molecule has 5 rings (SSSR count). The molecule has 4 aliphatic rings. The summed E-state index contributed by atoms with van der Waals surface area (Å²) in [6, 6.07) is -0.896. The van der Waals surface area contributed by atoms with Gasteiger partial charge in [-0.25, -0.2) is 4.39 Å². The van der Waals surface area contributed by atoms with Gasteiger partial charge in [0.1, 0.15) is 11.6 Å². The highest BCUT2D eigenvalue weighted by Gasteiger charge is 2.69. The number of rotatable bonds is 4. The van der Waals surface area contributed by atoms with E-state index < -0.39 is 93.4 Å². The molecule has 1 aromatic rings. The SMILES string of the molecule is CN(C)[C@@H]1C(=O)C(C(N)=O)C(=O)[C@@]2(O)C(=O)C3C(=O)c4c(O)c(NC(=O)[C@H]5CCCN5)cc(F)c4C[C@H]3C[C@@H]12. The number of nitrogens with two attached hydrogens (primary N) is 1. The lowest BCUT2D eigenvalue weighted by Gasteiger charge is -2.52. The highest BCUT2D eigenvalue weighted by Crippen LogP contribution is 2.51. The Hall–Kier alpha value is -3.55. The van der Waals surface area contributed by atoms with Crippen molar-refractivity contribution in [3.05, 3.63) is 23.0 Å². The molecule has 6 N–H and O–H groups in total. The zero-order valence-corrected chi connectivity index (χ0v) is 21.3. The molecular formula is C26H29FN4O8. The molecule has 1 heterocycles. The number of primary amides is 1. The number of phenolic OH excluding ortho intramolecular Hbond substituents is 1. The second kappa shape index (κ2) is 9.28. The minimum Gasteiger partial charge on any atom is -0.505 e. The highest BCUT2D eigenvalue weighted by atomic mass is 19.1. The fraction of sp³-hybridized carbons (Fsp3) is 0.538. The van der Waals surface area contributed by atoms with E-state index in [0.29, 0.717) is 13.0 Å². The molecule has 0 radical (unpaired) electrons. The molecule has 0 bridgehead atoms. The molecule has 0 spiro atoms. The number of halogens is 1. The number of likely N-dealkylation sites (N-methyl/N-ethyl adjacent to an activating group) is 1. The Morgan fingerprint density at radius 1 is 1.21 bits per heavy atom. The predicted octanol–water partition coefficient (Wildman–Crippen LogP) is -1.30. The fourth-order valence-electron chi connectivity index (χ4n) is 6.85. The molecule has 3 aliphatic carbocycles. The van der Waals surface area contributed by atoms with Gasteiger partial charge in [-0.3, -0.25) is 33.7 Å². The summed E-state index contributed by atoms with van der Waals surface area (Å²) in [6.45, 7) is 0.617. The van der Waals surface area contributed by atoms with E-state index in [1.54, 1.807) is 0 Å². The first-order valence-electron chi connectivity index (χ1n) is 12.7. The van der Waals surface area contributed by atoms with Gasteiger partial charge < -0.3 is 26.6 Å². The fourth-order valence-corrected chi connectivity index (χ4v) is 6.85. The van der Waals surface area contributed by atoms with Crippen LogP contribution in [0.5, 0.6) is 5.75 Å². The average Bonchev–Trinajstić information content (AvgIpc) is 3.39. The van der Waals surface area contributed by atoms with Crippen LogP contribution in [0.25, 0.3) is 0 Å². The van der Waals surface area contributed by atoms with Crippen molar-refractivity contribution >= 4 is 40.6 Å². The minimum atomic E-state index is -2.87. The number of phenols is 1. The zero-order valence-electron chi connectivity index (χ0n) is 21.3. The number of amides is 2. The van der Waals surface area contributed by atoms with E-state index in [9.17, 15) is 39.0 Å². The number of aliphatic hydroxyl groups is 1. The Morgan fingerprint density at radius 2 is 1.90 bits per heavy atom. The maximum Gasteiger partial charge on any atom is 0.241 e. The number of anilines is 1. The largest absolute Gasteiger partial charge is 0.505 e. The zero-order chi connectivity index (χ0) is 28.5. The second-order valence-electron chi connectivity index (χ2n) is 11.0. The third kappa shape index (κ3) is 3.82. The topological polar surface area (TPSA) is 196 Å². The number of carbonyl (C=O) groups is 6. The van der Waals surface area contributed by atoms with E-state index in [4.69, 9.17) is 5.73 Å². The first-order chi connectivity index (χ1) is 18.3. The Balaban J connectivity index is 1.56. The maximum absolute atomic E-state index is 15.3. The number of Topliss-reactive ketones (excluding diaryl/α,β-unsaturated/α-hetero) is 4. The number of benzene rings is 1. The summed E-state index contributed by atoms with van der Waals surface area (Å²) in [5.41, 5.74) is 1.39. The van der Waals surface area contributed by atoms with Gasteiger partial charge in [0, 0.05) is 17.5 Å². The van der Waals surface area contributed by atoms with Gasteiger partial charge in [0.05, 0.1) is 29.3 Å². The molecule has 2 saturated carbocycles. The van der Waals surface area contributed by atoms with Crippen LogP contribution in [0.2, 0.25) is 0 Å². The van der Waals surface area contributed by atoms with Crippen LogP contribution < -0.4 is 16.4 Å². The second-order valence-corrected chi connectivity index (χ2v) is 11.0. The van der Waals surface area contributed by atoms with Gasteiger partial charge in [-0.2, -0.15) is 0 Å². The number of nitrogens with one attached hydrogen (secondary N) is 2. The van der Waals surface area contributed by atoms with Gasteiger partial charge in [0.2, 0.25) is 11.8 Å². The third-order valence-electron chi connectivity index (χ3n) is 8.64. The molecule has 39 heavy (non-hydrogen) atoms. The standard InChI is InChI=1S/C26H29FN4O8/c1-31(2)18-11-7-9-6-10-12(27)8-14(30-25(38)13-4-3-5-29-13)19(32)16(10)20(33)15(9)22(35)26(11,39)23(36)17(21(18)34)24(28)37/h8-9,11,13,15,17-18,29,32,39H,3-7H2,1-2H3,(H2,28,37)(H,30,38)/t9-,11-,13+,15?,17?,18-,26-/m0/s1. The summed E-state index contributed by atoms with van der Waals surface area (Å²) < 4.78 is 15.3. The molecule has 7 atom stereocenters. The van der Waals surface area contributed by atoms with E-state index in [2.05, 4.69) is 10.6 Å². The quantitative estimate of drug-likeness (QED) is 0.224. The molecule has 1 aliphatic heterocycles. The summed E-state index contributed by atoms with van der Waals surface area (Å²) in [4.78, 5) is 79.8. The lowest BCUT2D eigenvalue weighted by Crippen LogP contribution is -2.74. The van der Waals surface area contributed by atoms with Crippen LogP contribution in [0.1, 0.15) is 35.2 Å². The van der Waals surface area contributed by atoms with Crippen LogP contribution in [-0.4, -0.2) is 88.4 Å². The van der Waals surface area contributed by atoms with Crippen LogP contribution in [0, 0.1) is 29.5 Å². The van der Waals surface area contributed by atoms with Crippen LogP contribution >= 0.6 is 0 Å². The molecule has 1 saturated heterocycles. The van der Waals surface area contributed by atoms with Crippen molar-refractivity contribution in [1.29, 1.82) is 0 Å².